The number of aliphatic imine (C=N–C) groups is 3. The molecule has 1 saturated heterocycles. The van der Waals surface area contributed by atoms with E-state index in [0.717, 1.165) is 5.56 Å². The van der Waals surface area contributed by atoms with Gasteiger partial charge in [0.15, 0.2) is 17.7 Å². The lowest BCUT2D eigenvalue weighted by Gasteiger charge is -2.33. The number of ether oxygens (including phenoxy) is 3. The average molecular weight is 389 g/mol. The number of amidine groups is 1. The summed E-state index contributed by atoms with van der Waals surface area (Å²) in [5.74, 6) is 1.22. The van der Waals surface area contributed by atoms with E-state index in [-0.39, 0.29) is 13.3 Å². The number of aliphatic hydroxyl groups is 2. The molecule has 0 spiro atoms. The first-order valence-corrected chi connectivity index (χ1v) is 8.87. The summed E-state index contributed by atoms with van der Waals surface area (Å²) in [6.45, 7) is -0.0955. The zero-order valence-electron chi connectivity index (χ0n) is 15.6. The Labute approximate surface area is 162 Å². The standard InChI is InChI=1S/C18H23N5O5/c1-26-11-5-3-10(4-6-11)18(19)15-16(20-8-22-18)23(9-21-15)17-14(27-2)13(25)12(7-24)28-17/h3-6,8,12-14,17,24-25H,7,9,19H2,1-2H3/t12-,13-,14-,17-,18?/m1/s1. The molecule has 4 rings (SSSR count). The maximum absolute atomic E-state index is 10.3. The maximum atomic E-state index is 10.3. The van der Waals surface area contributed by atoms with E-state index in [2.05, 4.69) is 15.0 Å². The van der Waals surface area contributed by atoms with Crippen molar-refractivity contribution >= 4 is 17.9 Å². The van der Waals surface area contributed by atoms with Crippen LogP contribution in [0.4, 0.5) is 0 Å². The molecular weight excluding hydrogens is 366 g/mol. The molecule has 0 saturated carbocycles. The first kappa shape index (κ1) is 19.0. The summed E-state index contributed by atoms with van der Waals surface area (Å²) < 4.78 is 16.4. The minimum atomic E-state index is -1.20. The third-order valence-corrected chi connectivity index (χ3v) is 5.27. The Bertz CT molecular complexity index is 826. The molecule has 0 aliphatic carbocycles. The average Bonchev–Trinajstić information content (AvgIpc) is 3.29. The van der Waals surface area contributed by atoms with Crippen molar-refractivity contribution in [2.45, 2.75) is 30.2 Å². The van der Waals surface area contributed by atoms with Gasteiger partial charge >= 0.3 is 0 Å². The molecule has 1 fully saturated rings. The van der Waals surface area contributed by atoms with Crippen molar-refractivity contribution in [3.63, 3.8) is 0 Å². The fourth-order valence-corrected chi connectivity index (χ4v) is 3.71. The molecule has 150 valence electrons. The third-order valence-electron chi connectivity index (χ3n) is 5.27. The van der Waals surface area contributed by atoms with Gasteiger partial charge in [0.1, 0.15) is 42.8 Å². The van der Waals surface area contributed by atoms with E-state index >= 15 is 0 Å². The molecule has 1 aromatic carbocycles. The molecule has 0 radical (unpaired) electrons. The second-order valence-corrected chi connectivity index (χ2v) is 6.75. The van der Waals surface area contributed by atoms with Crippen LogP contribution in [0.1, 0.15) is 5.56 Å². The summed E-state index contributed by atoms with van der Waals surface area (Å²) in [5, 5.41) is 19.8. The molecule has 0 aromatic heterocycles. The molecule has 1 unspecified atom stereocenters. The fraction of sp³-hybridized carbons (Fsp3) is 0.500. The van der Waals surface area contributed by atoms with Gasteiger partial charge in [-0.2, -0.15) is 0 Å². The first-order valence-electron chi connectivity index (χ1n) is 8.87. The number of aliphatic hydroxyl groups excluding tert-OH is 2. The van der Waals surface area contributed by atoms with E-state index in [1.165, 1.54) is 13.4 Å². The number of hydrogen-bond acceptors (Lipinski definition) is 10. The highest BCUT2D eigenvalue weighted by molar-refractivity contribution is 6.47. The SMILES string of the molecule is COc1ccc(C2(N)N=CN=C3C2=NCN3[C@@H]2O[C@H](CO)[C@@H](O)[C@H]2OC)cc1. The van der Waals surface area contributed by atoms with E-state index < -0.39 is 30.2 Å². The lowest BCUT2D eigenvalue weighted by Crippen LogP contribution is -2.54. The van der Waals surface area contributed by atoms with E-state index in [1.807, 2.05) is 12.1 Å². The second-order valence-electron chi connectivity index (χ2n) is 6.75. The number of rotatable bonds is 5. The van der Waals surface area contributed by atoms with Gasteiger partial charge in [-0.3, -0.25) is 10.7 Å². The van der Waals surface area contributed by atoms with Crippen molar-refractivity contribution in [3.05, 3.63) is 29.8 Å². The van der Waals surface area contributed by atoms with Gasteiger partial charge in [0.25, 0.3) is 0 Å². The number of hydrogen-bond donors (Lipinski definition) is 3. The Balaban J connectivity index is 1.63. The van der Waals surface area contributed by atoms with Crippen molar-refractivity contribution < 1.29 is 24.4 Å². The van der Waals surface area contributed by atoms with E-state index in [1.54, 1.807) is 24.1 Å². The van der Waals surface area contributed by atoms with E-state index in [9.17, 15) is 10.2 Å². The van der Waals surface area contributed by atoms with Crippen LogP contribution in [0.3, 0.4) is 0 Å². The van der Waals surface area contributed by atoms with Gasteiger partial charge in [0.05, 0.1) is 13.7 Å². The number of methoxy groups -OCH3 is 2. The van der Waals surface area contributed by atoms with Crippen molar-refractivity contribution in [2.75, 3.05) is 27.5 Å². The first-order chi connectivity index (χ1) is 13.5. The van der Waals surface area contributed by atoms with Gasteiger partial charge in [-0.15, -0.1) is 0 Å². The Morgan fingerprint density at radius 1 is 1.32 bits per heavy atom. The van der Waals surface area contributed by atoms with Gasteiger partial charge in [0, 0.05) is 12.7 Å². The lowest BCUT2D eigenvalue weighted by molar-refractivity contribution is -0.0765. The molecule has 0 amide bonds. The van der Waals surface area contributed by atoms with Crippen LogP contribution >= 0.6 is 0 Å². The van der Waals surface area contributed by atoms with Gasteiger partial charge in [-0.05, 0) is 12.1 Å². The van der Waals surface area contributed by atoms with Crippen LogP contribution in [-0.2, 0) is 15.1 Å². The van der Waals surface area contributed by atoms with E-state index in [0.29, 0.717) is 17.3 Å². The van der Waals surface area contributed by atoms with Crippen molar-refractivity contribution in [1.82, 2.24) is 4.90 Å². The Morgan fingerprint density at radius 2 is 2.07 bits per heavy atom. The molecule has 5 atom stereocenters. The summed E-state index contributed by atoms with van der Waals surface area (Å²) in [6.07, 6.45) is -1.65. The second kappa shape index (κ2) is 7.22. The van der Waals surface area contributed by atoms with Crippen LogP contribution in [0.25, 0.3) is 0 Å². The number of nitrogens with zero attached hydrogens (tertiary/aromatic N) is 4. The molecule has 1 aromatic rings. The number of nitrogens with two attached hydrogens (primary N) is 1. The maximum Gasteiger partial charge on any atom is 0.181 e. The quantitative estimate of drug-likeness (QED) is 0.591. The van der Waals surface area contributed by atoms with Crippen LogP contribution in [0.5, 0.6) is 5.75 Å². The molecule has 3 aliphatic heterocycles. The molecule has 3 aliphatic rings. The number of fused-ring (bicyclic) bond motifs is 1. The van der Waals surface area contributed by atoms with Gasteiger partial charge in [0.2, 0.25) is 0 Å². The van der Waals surface area contributed by atoms with Gasteiger partial charge in [-0.25, -0.2) is 9.98 Å². The highest BCUT2D eigenvalue weighted by Gasteiger charge is 2.51. The van der Waals surface area contributed by atoms with Crippen LogP contribution in [0.2, 0.25) is 0 Å². The smallest absolute Gasteiger partial charge is 0.181 e. The predicted octanol–water partition coefficient (Wildman–Crippen LogP) is -0.946. The minimum Gasteiger partial charge on any atom is -0.497 e. The molecule has 28 heavy (non-hydrogen) atoms. The number of benzene rings is 1. The summed E-state index contributed by atoms with van der Waals surface area (Å²) >= 11 is 0. The van der Waals surface area contributed by atoms with Crippen LogP contribution < -0.4 is 10.5 Å². The predicted molar refractivity (Wildman–Crippen MR) is 101 cm³/mol. The molecule has 4 N–H and O–H groups in total. The van der Waals surface area contributed by atoms with Crippen molar-refractivity contribution in [1.29, 1.82) is 0 Å². The molecular formula is C18H23N5O5. The van der Waals surface area contributed by atoms with Crippen LogP contribution in [-0.4, -0.2) is 85.0 Å². The van der Waals surface area contributed by atoms with Crippen LogP contribution in [0.15, 0.2) is 39.2 Å². The monoisotopic (exact) mass is 389 g/mol. The molecule has 10 nitrogen and oxygen atoms in total. The lowest BCUT2D eigenvalue weighted by atomic mass is 9.93. The summed E-state index contributed by atoms with van der Waals surface area (Å²) in [4.78, 5) is 15.1. The largest absolute Gasteiger partial charge is 0.497 e. The Kier molecular flexibility index (Phi) is 4.89. The van der Waals surface area contributed by atoms with Gasteiger partial charge in [-0.1, -0.05) is 12.1 Å². The van der Waals surface area contributed by atoms with E-state index in [4.69, 9.17) is 19.9 Å². The van der Waals surface area contributed by atoms with Crippen molar-refractivity contribution in [2.24, 2.45) is 20.7 Å². The zero-order valence-corrected chi connectivity index (χ0v) is 15.6. The summed E-state index contributed by atoms with van der Waals surface area (Å²) in [6, 6.07) is 7.28. The third kappa shape index (κ3) is 2.81. The van der Waals surface area contributed by atoms with Crippen molar-refractivity contribution in [3.8, 4) is 5.75 Å². The molecule has 10 heteroatoms. The summed E-state index contributed by atoms with van der Waals surface area (Å²) in [7, 11) is 3.08. The zero-order chi connectivity index (χ0) is 19.9. The Morgan fingerprint density at radius 3 is 2.71 bits per heavy atom. The van der Waals surface area contributed by atoms with Gasteiger partial charge < -0.3 is 29.3 Å². The minimum absolute atomic E-state index is 0.224. The van der Waals surface area contributed by atoms with Crippen LogP contribution in [0, 0.1) is 0 Å². The Hall–Kier alpha value is -2.37. The highest BCUT2D eigenvalue weighted by Crippen LogP contribution is 2.33. The normalized spacial score (nSPS) is 34.2. The fourth-order valence-electron chi connectivity index (χ4n) is 3.71. The highest BCUT2D eigenvalue weighted by atomic mass is 16.6. The summed E-state index contributed by atoms with van der Waals surface area (Å²) in [5.41, 5.74) is 6.67. The molecule has 0 bridgehead atoms. The topological polar surface area (TPSA) is 134 Å². The molecule has 3 heterocycles.